The number of aromatic nitrogens is 1. The molecular weight excluding hydrogens is 260 g/mol. The highest BCUT2D eigenvalue weighted by molar-refractivity contribution is 7.89. The molecule has 1 rings (SSSR count). The summed E-state index contributed by atoms with van der Waals surface area (Å²) in [6.07, 6.45) is 1.72. The maximum absolute atomic E-state index is 11.6. The molecule has 0 spiro atoms. The molecule has 1 unspecified atom stereocenters. The van der Waals surface area contributed by atoms with E-state index in [-0.39, 0.29) is 12.2 Å². The van der Waals surface area contributed by atoms with Gasteiger partial charge < -0.3 is 10.2 Å². The number of pyridine rings is 1. The zero-order valence-electron chi connectivity index (χ0n) is 9.48. The molecule has 0 amide bonds. The van der Waals surface area contributed by atoms with Crippen molar-refractivity contribution in [3.05, 3.63) is 30.1 Å². The summed E-state index contributed by atoms with van der Waals surface area (Å²) in [5.74, 6) is -1.70. The van der Waals surface area contributed by atoms with Crippen molar-refractivity contribution in [2.24, 2.45) is 0 Å². The number of carboxylic acid groups (broad SMARTS) is 1. The van der Waals surface area contributed by atoms with Crippen molar-refractivity contribution in [3.63, 3.8) is 0 Å². The van der Waals surface area contributed by atoms with Gasteiger partial charge in [-0.1, -0.05) is 6.07 Å². The first-order valence-corrected chi connectivity index (χ1v) is 6.83. The van der Waals surface area contributed by atoms with Crippen molar-refractivity contribution in [2.75, 3.05) is 12.4 Å². The molecule has 8 heteroatoms. The van der Waals surface area contributed by atoms with Crippen LogP contribution in [0.4, 0.5) is 0 Å². The third-order valence-corrected chi connectivity index (χ3v) is 3.54. The molecule has 0 aromatic carbocycles. The Morgan fingerprint density at radius 2 is 2.17 bits per heavy atom. The summed E-state index contributed by atoms with van der Waals surface area (Å²) >= 11 is 0. The lowest BCUT2D eigenvalue weighted by atomic mass is 10.3. The summed E-state index contributed by atoms with van der Waals surface area (Å²) in [6.45, 7) is -0.794. The van der Waals surface area contributed by atoms with Gasteiger partial charge in [0.25, 0.3) is 0 Å². The Balaban J connectivity index is 2.57. The minimum absolute atomic E-state index is 0.175. The summed E-state index contributed by atoms with van der Waals surface area (Å²) in [4.78, 5) is 14.5. The second-order valence-electron chi connectivity index (χ2n) is 3.58. The number of nitrogens with one attached hydrogen (secondary N) is 1. The average Bonchev–Trinajstić information content (AvgIpc) is 2.35. The number of aryl methyl sites for hydroxylation is 1. The van der Waals surface area contributed by atoms with E-state index in [4.69, 9.17) is 10.2 Å². The molecule has 7 nitrogen and oxygen atoms in total. The van der Waals surface area contributed by atoms with E-state index in [1.165, 1.54) is 0 Å². The van der Waals surface area contributed by atoms with Gasteiger partial charge in [0.1, 0.15) is 6.04 Å². The number of nitrogens with zero attached hydrogens (tertiary/aromatic N) is 1. The predicted octanol–water partition coefficient (Wildman–Crippen LogP) is -1.01. The van der Waals surface area contributed by atoms with Gasteiger partial charge in [-0.15, -0.1) is 0 Å². The first-order valence-electron chi connectivity index (χ1n) is 5.18. The molecule has 0 radical (unpaired) electrons. The Kier molecular flexibility index (Phi) is 5.20. The van der Waals surface area contributed by atoms with E-state index in [1.54, 1.807) is 24.4 Å². The van der Waals surface area contributed by atoms with Crippen LogP contribution in [-0.2, 0) is 21.2 Å². The monoisotopic (exact) mass is 274 g/mol. The number of aliphatic hydroxyl groups excluding tert-OH is 1. The van der Waals surface area contributed by atoms with Gasteiger partial charge >= 0.3 is 5.97 Å². The second-order valence-corrected chi connectivity index (χ2v) is 5.45. The van der Waals surface area contributed by atoms with Crippen LogP contribution in [0, 0.1) is 0 Å². The van der Waals surface area contributed by atoms with Crippen molar-refractivity contribution >= 4 is 16.0 Å². The minimum atomic E-state index is -3.77. The highest BCUT2D eigenvalue weighted by Gasteiger charge is 2.22. The predicted molar refractivity (Wildman–Crippen MR) is 63.4 cm³/mol. The molecule has 1 atom stereocenters. The lowest BCUT2D eigenvalue weighted by Crippen LogP contribution is -2.44. The molecule has 0 saturated heterocycles. The SMILES string of the molecule is O=C(O)C(CO)NS(=O)(=O)CCc1ccccn1. The molecule has 0 bridgehead atoms. The number of aliphatic hydroxyl groups is 1. The third-order valence-electron chi connectivity index (χ3n) is 2.16. The van der Waals surface area contributed by atoms with E-state index in [0.717, 1.165) is 0 Å². The highest BCUT2D eigenvalue weighted by atomic mass is 32.2. The van der Waals surface area contributed by atoms with Gasteiger partial charge in [0, 0.05) is 18.3 Å². The summed E-state index contributed by atoms with van der Waals surface area (Å²) in [6, 6.07) is 3.60. The van der Waals surface area contributed by atoms with Crippen LogP contribution in [0.15, 0.2) is 24.4 Å². The smallest absolute Gasteiger partial charge is 0.324 e. The lowest BCUT2D eigenvalue weighted by molar-refractivity contribution is -0.139. The number of hydrogen-bond donors (Lipinski definition) is 3. The zero-order valence-corrected chi connectivity index (χ0v) is 10.3. The molecule has 100 valence electrons. The van der Waals surface area contributed by atoms with Crippen molar-refractivity contribution in [1.29, 1.82) is 0 Å². The Bertz CT molecular complexity index is 488. The van der Waals surface area contributed by atoms with E-state index >= 15 is 0 Å². The van der Waals surface area contributed by atoms with Gasteiger partial charge in [-0.05, 0) is 12.1 Å². The van der Waals surface area contributed by atoms with Gasteiger partial charge in [-0.3, -0.25) is 9.78 Å². The number of aliphatic carboxylic acids is 1. The molecular formula is C10H14N2O5S. The number of sulfonamides is 1. The molecule has 1 aromatic rings. The Hall–Kier alpha value is -1.51. The van der Waals surface area contributed by atoms with Gasteiger partial charge in [0.05, 0.1) is 12.4 Å². The van der Waals surface area contributed by atoms with Crippen LogP contribution in [0.25, 0.3) is 0 Å². The first-order chi connectivity index (χ1) is 8.44. The molecule has 0 aliphatic carbocycles. The van der Waals surface area contributed by atoms with Gasteiger partial charge in [0.15, 0.2) is 0 Å². The lowest BCUT2D eigenvalue weighted by Gasteiger charge is -2.11. The minimum Gasteiger partial charge on any atom is -0.480 e. The Morgan fingerprint density at radius 3 is 2.67 bits per heavy atom. The molecule has 0 fully saturated rings. The van der Waals surface area contributed by atoms with Crippen LogP contribution in [0.5, 0.6) is 0 Å². The van der Waals surface area contributed by atoms with Crippen molar-refractivity contribution < 1.29 is 23.4 Å². The van der Waals surface area contributed by atoms with E-state index < -0.39 is 28.6 Å². The quantitative estimate of drug-likeness (QED) is 0.586. The molecule has 0 aliphatic rings. The van der Waals surface area contributed by atoms with E-state index in [9.17, 15) is 13.2 Å². The van der Waals surface area contributed by atoms with Crippen LogP contribution >= 0.6 is 0 Å². The fraction of sp³-hybridized carbons (Fsp3) is 0.400. The number of carbonyl (C=O) groups is 1. The Labute approximate surface area is 105 Å². The first kappa shape index (κ1) is 14.6. The summed E-state index contributed by atoms with van der Waals surface area (Å²) in [7, 11) is -3.77. The Morgan fingerprint density at radius 1 is 1.44 bits per heavy atom. The second kappa shape index (κ2) is 6.43. The van der Waals surface area contributed by atoms with Crippen LogP contribution in [0.1, 0.15) is 5.69 Å². The molecule has 0 saturated carbocycles. The zero-order chi connectivity index (χ0) is 13.6. The molecule has 1 aromatic heterocycles. The van der Waals surface area contributed by atoms with Gasteiger partial charge in [-0.2, -0.15) is 4.72 Å². The molecule has 18 heavy (non-hydrogen) atoms. The molecule has 0 aliphatic heterocycles. The normalized spacial score (nSPS) is 13.2. The van der Waals surface area contributed by atoms with Crippen LogP contribution in [0.2, 0.25) is 0 Å². The van der Waals surface area contributed by atoms with E-state index in [2.05, 4.69) is 4.98 Å². The molecule has 1 heterocycles. The number of rotatable bonds is 7. The summed E-state index contributed by atoms with van der Waals surface area (Å²) < 4.78 is 25.0. The fourth-order valence-corrected chi connectivity index (χ4v) is 2.43. The van der Waals surface area contributed by atoms with Crippen LogP contribution in [-0.4, -0.2) is 48.0 Å². The maximum atomic E-state index is 11.6. The van der Waals surface area contributed by atoms with E-state index in [0.29, 0.717) is 5.69 Å². The number of hydrogen-bond acceptors (Lipinski definition) is 5. The average molecular weight is 274 g/mol. The standard InChI is InChI=1S/C10H14N2O5S/c13-7-9(10(14)15)12-18(16,17)6-4-8-3-1-2-5-11-8/h1-3,5,9,12-13H,4,6-7H2,(H,14,15). The van der Waals surface area contributed by atoms with Crippen LogP contribution < -0.4 is 4.72 Å². The highest BCUT2D eigenvalue weighted by Crippen LogP contribution is 1.98. The number of carboxylic acids is 1. The molecule has 3 N–H and O–H groups in total. The largest absolute Gasteiger partial charge is 0.480 e. The van der Waals surface area contributed by atoms with Gasteiger partial charge in [0.2, 0.25) is 10.0 Å². The van der Waals surface area contributed by atoms with Crippen molar-refractivity contribution in [3.8, 4) is 0 Å². The fourth-order valence-electron chi connectivity index (χ4n) is 1.23. The van der Waals surface area contributed by atoms with E-state index in [1.807, 2.05) is 4.72 Å². The van der Waals surface area contributed by atoms with Crippen LogP contribution in [0.3, 0.4) is 0 Å². The third kappa shape index (κ3) is 4.78. The van der Waals surface area contributed by atoms with Gasteiger partial charge in [-0.25, -0.2) is 8.42 Å². The van der Waals surface area contributed by atoms with Crippen molar-refractivity contribution in [2.45, 2.75) is 12.5 Å². The topological polar surface area (TPSA) is 117 Å². The summed E-state index contributed by atoms with van der Waals surface area (Å²) in [5.41, 5.74) is 0.596. The van der Waals surface area contributed by atoms with Crippen molar-refractivity contribution in [1.82, 2.24) is 9.71 Å². The summed E-state index contributed by atoms with van der Waals surface area (Å²) in [5, 5.41) is 17.3. The maximum Gasteiger partial charge on any atom is 0.324 e.